The Hall–Kier alpha value is -2.67. The highest BCUT2D eigenvalue weighted by atomic mass is 79.9. The van der Waals surface area contributed by atoms with E-state index >= 15 is 0 Å². The number of carbonyl (C=O) groups is 2. The number of aromatic amines is 1. The largest absolute Gasteiger partial charge is 0.328 e. The van der Waals surface area contributed by atoms with Crippen LogP contribution in [-0.2, 0) is 10.2 Å². The van der Waals surface area contributed by atoms with Crippen LogP contribution < -0.4 is 5.32 Å². The molecule has 0 saturated heterocycles. The molecule has 1 aliphatic heterocycles. The Balaban J connectivity index is 1.35. The SMILES string of the molecule is O=C(CN1CC2(CC2)c2cc(Br)ccc2C1=O)Nc1ccc2cn[nH]c2c1. The highest BCUT2D eigenvalue weighted by Crippen LogP contribution is 2.52. The number of nitrogens with zero attached hydrogens (tertiary/aromatic N) is 2. The maximum absolute atomic E-state index is 12.9. The lowest BCUT2D eigenvalue weighted by Crippen LogP contribution is -2.46. The molecule has 1 spiro atoms. The molecule has 0 radical (unpaired) electrons. The number of amides is 2. The second-order valence-corrected chi connectivity index (χ2v) is 8.27. The molecule has 2 heterocycles. The molecule has 1 fully saturated rings. The number of H-pyrrole nitrogens is 1. The van der Waals surface area contributed by atoms with E-state index in [1.807, 2.05) is 30.3 Å². The summed E-state index contributed by atoms with van der Waals surface area (Å²) in [6.07, 6.45) is 3.84. The fourth-order valence-corrected chi connectivity index (χ4v) is 4.29. The zero-order valence-corrected chi connectivity index (χ0v) is 16.0. The molecule has 5 rings (SSSR count). The molecule has 6 nitrogen and oxygen atoms in total. The zero-order chi connectivity index (χ0) is 18.6. The first kappa shape index (κ1) is 16.5. The number of nitrogens with one attached hydrogen (secondary N) is 2. The molecule has 1 saturated carbocycles. The van der Waals surface area contributed by atoms with Crippen molar-refractivity contribution in [2.24, 2.45) is 0 Å². The number of halogens is 1. The molecular weight excluding hydrogens is 408 g/mol. The normalized spacial score (nSPS) is 17.2. The van der Waals surface area contributed by atoms with Crippen molar-refractivity contribution < 1.29 is 9.59 Å². The fourth-order valence-electron chi connectivity index (χ4n) is 3.93. The number of hydrogen-bond acceptors (Lipinski definition) is 3. The molecule has 27 heavy (non-hydrogen) atoms. The van der Waals surface area contributed by atoms with Gasteiger partial charge in [0.1, 0.15) is 6.54 Å². The van der Waals surface area contributed by atoms with Crippen molar-refractivity contribution in [2.75, 3.05) is 18.4 Å². The van der Waals surface area contributed by atoms with Gasteiger partial charge in [0.15, 0.2) is 0 Å². The third kappa shape index (κ3) is 2.82. The maximum Gasteiger partial charge on any atom is 0.254 e. The Labute approximate surface area is 164 Å². The van der Waals surface area contributed by atoms with Crippen molar-refractivity contribution in [3.8, 4) is 0 Å². The van der Waals surface area contributed by atoms with Crippen molar-refractivity contribution >= 4 is 44.3 Å². The van der Waals surface area contributed by atoms with Crippen LogP contribution in [0.3, 0.4) is 0 Å². The number of aromatic nitrogens is 2. The molecule has 3 aromatic rings. The lowest BCUT2D eigenvalue weighted by atomic mass is 9.86. The number of fused-ring (bicyclic) bond motifs is 3. The van der Waals surface area contributed by atoms with Gasteiger partial charge in [-0.25, -0.2) is 0 Å². The molecule has 0 bridgehead atoms. The molecule has 7 heteroatoms. The maximum atomic E-state index is 12.9. The molecular formula is C20H17BrN4O2. The molecule has 2 aromatic carbocycles. The van der Waals surface area contributed by atoms with Gasteiger partial charge in [-0.15, -0.1) is 0 Å². The average molecular weight is 425 g/mol. The highest BCUT2D eigenvalue weighted by Gasteiger charge is 2.51. The van der Waals surface area contributed by atoms with Gasteiger partial charge in [-0.2, -0.15) is 5.10 Å². The van der Waals surface area contributed by atoms with E-state index in [4.69, 9.17) is 0 Å². The van der Waals surface area contributed by atoms with Crippen molar-refractivity contribution in [1.29, 1.82) is 0 Å². The predicted octanol–water partition coefficient (Wildman–Crippen LogP) is 3.45. The standard InChI is InChI=1S/C20H17BrN4O2/c21-13-2-4-15-16(7-13)20(5-6-20)11-25(19(15)27)10-18(26)23-14-3-1-12-9-22-24-17(12)8-14/h1-4,7-9H,5-6,10-11H2,(H,22,24)(H,23,26). The quantitative estimate of drug-likeness (QED) is 0.675. The average Bonchev–Trinajstić information content (AvgIpc) is 3.26. The minimum atomic E-state index is -0.196. The Morgan fingerprint density at radius 2 is 2.11 bits per heavy atom. The first-order chi connectivity index (χ1) is 13.0. The van der Waals surface area contributed by atoms with Gasteiger partial charge >= 0.3 is 0 Å². The summed E-state index contributed by atoms with van der Waals surface area (Å²) in [6, 6.07) is 11.4. The number of carbonyl (C=O) groups excluding carboxylic acids is 2. The van der Waals surface area contributed by atoms with Crippen molar-refractivity contribution in [3.05, 3.63) is 58.2 Å². The predicted molar refractivity (Wildman–Crippen MR) is 106 cm³/mol. The lowest BCUT2D eigenvalue weighted by molar-refractivity contribution is -0.117. The summed E-state index contributed by atoms with van der Waals surface area (Å²) in [4.78, 5) is 27.1. The monoisotopic (exact) mass is 424 g/mol. The summed E-state index contributed by atoms with van der Waals surface area (Å²) < 4.78 is 0.987. The first-order valence-corrected chi connectivity index (χ1v) is 9.66. The van der Waals surface area contributed by atoms with E-state index < -0.39 is 0 Å². The minimum Gasteiger partial charge on any atom is -0.328 e. The molecule has 2 aliphatic rings. The molecule has 2 amide bonds. The Kier molecular flexibility index (Phi) is 3.62. The smallest absolute Gasteiger partial charge is 0.254 e. The topological polar surface area (TPSA) is 78.1 Å². The van der Waals surface area contributed by atoms with E-state index in [9.17, 15) is 9.59 Å². The van der Waals surface area contributed by atoms with Gasteiger partial charge in [0.05, 0.1) is 11.7 Å². The third-order valence-electron chi connectivity index (χ3n) is 5.48. The molecule has 136 valence electrons. The van der Waals surface area contributed by atoms with Crippen molar-refractivity contribution in [2.45, 2.75) is 18.3 Å². The fraction of sp³-hybridized carbons (Fsp3) is 0.250. The van der Waals surface area contributed by atoms with Gasteiger partial charge < -0.3 is 10.2 Å². The zero-order valence-electron chi connectivity index (χ0n) is 14.5. The van der Waals surface area contributed by atoms with Crippen LogP contribution in [0.25, 0.3) is 10.9 Å². The van der Waals surface area contributed by atoms with E-state index in [0.717, 1.165) is 33.8 Å². The Morgan fingerprint density at radius 1 is 1.26 bits per heavy atom. The van der Waals surface area contributed by atoms with Crippen LogP contribution in [0.1, 0.15) is 28.8 Å². The molecule has 1 aliphatic carbocycles. The van der Waals surface area contributed by atoms with E-state index in [1.165, 1.54) is 0 Å². The van der Waals surface area contributed by atoms with Gasteiger partial charge in [0.2, 0.25) is 5.91 Å². The minimum absolute atomic E-state index is 0.0160. The highest BCUT2D eigenvalue weighted by molar-refractivity contribution is 9.10. The Bertz CT molecular complexity index is 1090. The lowest BCUT2D eigenvalue weighted by Gasteiger charge is -2.34. The number of anilines is 1. The summed E-state index contributed by atoms with van der Waals surface area (Å²) in [5, 5.41) is 10.7. The summed E-state index contributed by atoms with van der Waals surface area (Å²) in [6.45, 7) is 0.652. The summed E-state index contributed by atoms with van der Waals surface area (Å²) >= 11 is 3.50. The van der Waals surface area contributed by atoms with Crippen LogP contribution >= 0.6 is 15.9 Å². The first-order valence-electron chi connectivity index (χ1n) is 8.86. The van der Waals surface area contributed by atoms with Gasteiger partial charge in [-0.1, -0.05) is 15.9 Å². The third-order valence-corrected chi connectivity index (χ3v) is 5.97. The molecule has 1 aromatic heterocycles. The van der Waals surface area contributed by atoms with Crippen LogP contribution in [0.5, 0.6) is 0 Å². The number of benzene rings is 2. The summed E-state index contributed by atoms with van der Waals surface area (Å²) in [5.41, 5.74) is 3.39. The van der Waals surface area contributed by atoms with Crippen LogP contribution in [0.15, 0.2) is 47.1 Å². The number of rotatable bonds is 3. The van der Waals surface area contributed by atoms with Crippen LogP contribution in [0.4, 0.5) is 5.69 Å². The second-order valence-electron chi connectivity index (χ2n) is 7.35. The van der Waals surface area contributed by atoms with E-state index in [-0.39, 0.29) is 23.8 Å². The molecule has 2 N–H and O–H groups in total. The van der Waals surface area contributed by atoms with E-state index in [0.29, 0.717) is 17.8 Å². The van der Waals surface area contributed by atoms with Crippen LogP contribution in [0.2, 0.25) is 0 Å². The van der Waals surface area contributed by atoms with E-state index in [1.54, 1.807) is 11.1 Å². The van der Waals surface area contributed by atoms with Crippen LogP contribution in [0, 0.1) is 0 Å². The number of hydrogen-bond donors (Lipinski definition) is 2. The van der Waals surface area contributed by atoms with Gasteiger partial charge in [0.25, 0.3) is 5.91 Å². The Morgan fingerprint density at radius 3 is 2.93 bits per heavy atom. The van der Waals surface area contributed by atoms with Gasteiger partial charge in [0, 0.05) is 33.1 Å². The molecule has 0 unspecified atom stereocenters. The van der Waals surface area contributed by atoms with E-state index in [2.05, 4.69) is 37.5 Å². The van der Waals surface area contributed by atoms with Crippen molar-refractivity contribution in [1.82, 2.24) is 15.1 Å². The van der Waals surface area contributed by atoms with Crippen LogP contribution in [-0.4, -0.2) is 40.0 Å². The van der Waals surface area contributed by atoms with Crippen molar-refractivity contribution in [3.63, 3.8) is 0 Å². The second kappa shape index (κ2) is 5.92. The van der Waals surface area contributed by atoms with Gasteiger partial charge in [-0.05, 0) is 54.8 Å². The molecule has 0 atom stereocenters. The summed E-state index contributed by atoms with van der Waals surface area (Å²) in [5.74, 6) is -0.271. The summed E-state index contributed by atoms with van der Waals surface area (Å²) in [7, 11) is 0. The van der Waals surface area contributed by atoms with Gasteiger partial charge in [-0.3, -0.25) is 14.7 Å².